The molecular weight excluding hydrogens is 354 g/mol. The Labute approximate surface area is 164 Å². The normalized spacial score (nSPS) is 17.5. The molecule has 0 radical (unpaired) electrons. The number of ether oxygens (including phenoxy) is 2. The molecule has 4 rings (SSSR count). The van der Waals surface area contributed by atoms with Crippen LogP contribution in [-0.2, 0) is 16.1 Å². The lowest BCUT2D eigenvalue weighted by Crippen LogP contribution is -2.36. The number of rotatable bonds is 7. The summed E-state index contributed by atoms with van der Waals surface area (Å²) in [5, 5.41) is 3.06. The van der Waals surface area contributed by atoms with Crippen LogP contribution < -0.4 is 10.1 Å². The molecule has 2 aromatic carbocycles. The average Bonchev–Trinajstić information content (AvgIpc) is 3.37. The lowest BCUT2D eigenvalue weighted by molar-refractivity contribution is -0.130. The smallest absolute Gasteiger partial charge is 0.249 e. The van der Waals surface area contributed by atoms with E-state index in [1.165, 1.54) is 0 Å². The molecule has 1 saturated heterocycles. The second-order valence-electron chi connectivity index (χ2n) is 7.00. The van der Waals surface area contributed by atoms with Gasteiger partial charge in [0.05, 0.1) is 23.6 Å². The lowest BCUT2D eigenvalue weighted by atomic mass is 10.2. The number of hydrogen-bond donors (Lipinski definition) is 1. The molecule has 1 amide bonds. The van der Waals surface area contributed by atoms with Gasteiger partial charge in [0, 0.05) is 6.61 Å². The van der Waals surface area contributed by atoms with Gasteiger partial charge in [0.1, 0.15) is 24.3 Å². The van der Waals surface area contributed by atoms with E-state index in [9.17, 15) is 4.79 Å². The third kappa shape index (κ3) is 4.02. The van der Waals surface area contributed by atoms with Crippen molar-refractivity contribution in [3.63, 3.8) is 0 Å². The number of carbonyl (C=O) groups excluding carboxylic acids is 1. The fourth-order valence-corrected chi connectivity index (χ4v) is 3.59. The maximum absolute atomic E-state index is 12.5. The zero-order valence-corrected chi connectivity index (χ0v) is 16.0. The van der Waals surface area contributed by atoms with Crippen molar-refractivity contribution in [3.8, 4) is 5.75 Å². The van der Waals surface area contributed by atoms with E-state index >= 15 is 0 Å². The number of hydrogen-bond acceptors (Lipinski definition) is 4. The van der Waals surface area contributed by atoms with Crippen LogP contribution in [0.25, 0.3) is 11.0 Å². The van der Waals surface area contributed by atoms with Crippen molar-refractivity contribution in [1.29, 1.82) is 0 Å². The Bertz CT molecular complexity index is 933. The predicted octanol–water partition coefficient (Wildman–Crippen LogP) is 3.47. The predicted molar refractivity (Wildman–Crippen MR) is 107 cm³/mol. The van der Waals surface area contributed by atoms with E-state index in [1.54, 1.807) is 0 Å². The Morgan fingerprint density at radius 2 is 2.04 bits per heavy atom. The molecule has 0 spiro atoms. The van der Waals surface area contributed by atoms with Crippen LogP contribution in [0.3, 0.4) is 0 Å². The molecule has 0 saturated carbocycles. The summed E-state index contributed by atoms with van der Waals surface area (Å²) in [6.45, 7) is 3.78. The second-order valence-corrected chi connectivity index (χ2v) is 7.00. The van der Waals surface area contributed by atoms with E-state index < -0.39 is 0 Å². The first kappa shape index (κ1) is 18.5. The van der Waals surface area contributed by atoms with E-state index in [-0.39, 0.29) is 18.1 Å². The molecule has 0 bridgehead atoms. The highest BCUT2D eigenvalue weighted by molar-refractivity contribution is 5.81. The minimum absolute atomic E-state index is 0.0656. The zero-order valence-electron chi connectivity index (χ0n) is 16.0. The van der Waals surface area contributed by atoms with Crippen LogP contribution in [-0.4, -0.2) is 34.8 Å². The molecule has 1 aliphatic rings. The van der Waals surface area contributed by atoms with Crippen molar-refractivity contribution in [2.24, 2.45) is 0 Å². The van der Waals surface area contributed by atoms with Crippen molar-refractivity contribution in [1.82, 2.24) is 14.9 Å². The van der Waals surface area contributed by atoms with E-state index in [1.807, 2.05) is 61.5 Å². The number of para-hydroxylation sites is 3. The summed E-state index contributed by atoms with van der Waals surface area (Å²) in [4.78, 5) is 17.2. The third-order valence-electron chi connectivity index (χ3n) is 4.98. The summed E-state index contributed by atoms with van der Waals surface area (Å²) in [5.41, 5.74) is 1.95. The summed E-state index contributed by atoms with van der Waals surface area (Å²) in [7, 11) is 0. The molecule has 1 aromatic heterocycles. The van der Waals surface area contributed by atoms with Gasteiger partial charge in [0.2, 0.25) is 5.91 Å². The van der Waals surface area contributed by atoms with E-state index in [0.29, 0.717) is 19.8 Å². The first-order chi connectivity index (χ1) is 13.7. The summed E-state index contributed by atoms with van der Waals surface area (Å²) >= 11 is 0. The van der Waals surface area contributed by atoms with Crippen molar-refractivity contribution in [2.75, 3.05) is 13.2 Å². The number of amides is 1. The topological polar surface area (TPSA) is 65.4 Å². The molecule has 28 heavy (non-hydrogen) atoms. The van der Waals surface area contributed by atoms with Gasteiger partial charge in [-0.05, 0) is 44.0 Å². The van der Waals surface area contributed by atoms with Crippen molar-refractivity contribution < 1.29 is 14.3 Å². The summed E-state index contributed by atoms with van der Waals surface area (Å²) < 4.78 is 13.5. The first-order valence-electron chi connectivity index (χ1n) is 9.77. The van der Waals surface area contributed by atoms with Crippen LogP contribution in [0.2, 0.25) is 0 Å². The molecule has 1 aliphatic heterocycles. The number of benzene rings is 2. The molecule has 0 aliphatic carbocycles. The Kier molecular flexibility index (Phi) is 5.58. The van der Waals surface area contributed by atoms with Gasteiger partial charge in [0.15, 0.2) is 0 Å². The number of nitrogens with zero attached hydrogens (tertiary/aromatic N) is 2. The van der Waals surface area contributed by atoms with Gasteiger partial charge >= 0.3 is 0 Å². The van der Waals surface area contributed by atoms with Gasteiger partial charge in [-0.15, -0.1) is 0 Å². The molecule has 2 unspecified atom stereocenters. The van der Waals surface area contributed by atoms with Crippen LogP contribution in [0.1, 0.15) is 31.6 Å². The molecule has 3 aromatic rings. The number of fused-ring (bicyclic) bond motifs is 1. The van der Waals surface area contributed by atoms with Crippen LogP contribution in [0.15, 0.2) is 54.6 Å². The summed E-state index contributed by atoms with van der Waals surface area (Å²) in [6, 6.07) is 17.5. The van der Waals surface area contributed by atoms with Gasteiger partial charge in [-0.1, -0.05) is 30.3 Å². The monoisotopic (exact) mass is 379 g/mol. The van der Waals surface area contributed by atoms with Crippen molar-refractivity contribution in [3.05, 3.63) is 60.4 Å². The molecule has 146 valence electrons. The molecule has 6 heteroatoms. The van der Waals surface area contributed by atoms with Gasteiger partial charge < -0.3 is 19.4 Å². The Morgan fingerprint density at radius 3 is 2.82 bits per heavy atom. The Hall–Kier alpha value is -2.86. The zero-order chi connectivity index (χ0) is 19.3. The molecule has 2 heterocycles. The van der Waals surface area contributed by atoms with E-state index in [4.69, 9.17) is 14.5 Å². The Balaban J connectivity index is 1.51. The quantitative estimate of drug-likeness (QED) is 0.683. The minimum Gasteiger partial charge on any atom is -0.492 e. The van der Waals surface area contributed by atoms with Crippen LogP contribution in [0.5, 0.6) is 5.75 Å². The molecule has 1 N–H and O–H groups in total. The van der Waals surface area contributed by atoms with Crippen molar-refractivity contribution >= 4 is 16.9 Å². The molecule has 1 fully saturated rings. The minimum atomic E-state index is -0.346. The van der Waals surface area contributed by atoms with Crippen molar-refractivity contribution in [2.45, 2.75) is 38.5 Å². The van der Waals surface area contributed by atoms with E-state index in [2.05, 4.69) is 9.88 Å². The second kappa shape index (κ2) is 8.44. The highest BCUT2D eigenvalue weighted by Crippen LogP contribution is 2.22. The number of aromatic nitrogens is 2. The largest absolute Gasteiger partial charge is 0.492 e. The first-order valence-corrected chi connectivity index (χ1v) is 9.77. The Morgan fingerprint density at radius 1 is 1.25 bits per heavy atom. The SMILES string of the molecule is CC(NC(=O)C1CCCO1)c1nc2ccccc2n1CCOc1ccccc1. The highest BCUT2D eigenvalue weighted by atomic mass is 16.5. The lowest BCUT2D eigenvalue weighted by Gasteiger charge is -2.18. The highest BCUT2D eigenvalue weighted by Gasteiger charge is 2.26. The maximum Gasteiger partial charge on any atom is 0.249 e. The molecule has 2 atom stereocenters. The molecular formula is C22H25N3O3. The number of nitrogens with one attached hydrogen (secondary N) is 1. The fraction of sp³-hybridized carbons (Fsp3) is 0.364. The van der Waals surface area contributed by atoms with Gasteiger partial charge in [-0.25, -0.2) is 4.98 Å². The summed E-state index contributed by atoms with van der Waals surface area (Å²) in [5.74, 6) is 1.60. The standard InChI is InChI=1S/C22H25N3O3/c1-16(23-22(26)20-12-7-14-28-20)21-24-18-10-5-6-11-19(18)25(21)13-15-27-17-8-3-2-4-9-17/h2-6,8-11,16,20H,7,12-15H2,1H3,(H,23,26). The number of carbonyl (C=O) groups is 1. The summed E-state index contributed by atoms with van der Waals surface area (Å²) in [6.07, 6.45) is 1.36. The van der Waals surface area contributed by atoms with Crippen LogP contribution in [0, 0.1) is 0 Å². The van der Waals surface area contributed by atoms with Gasteiger partial charge in [-0.2, -0.15) is 0 Å². The van der Waals surface area contributed by atoms with Gasteiger partial charge in [0.25, 0.3) is 0 Å². The van der Waals surface area contributed by atoms with Crippen LogP contribution >= 0.6 is 0 Å². The van der Waals surface area contributed by atoms with E-state index in [0.717, 1.165) is 35.4 Å². The molecule has 6 nitrogen and oxygen atoms in total. The average molecular weight is 379 g/mol. The maximum atomic E-state index is 12.5. The van der Waals surface area contributed by atoms with Crippen LogP contribution in [0.4, 0.5) is 0 Å². The van der Waals surface area contributed by atoms with Gasteiger partial charge in [-0.3, -0.25) is 4.79 Å². The third-order valence-corrected chi connectivity index (χ3v) is 4.98. The number of imidazole rings is 1. The fourth-order valence-electron chi connectivity index (χ4n) is 3.59.